The highest BCUT2D eigenvalue weighted by Gasteiger charge is 2.12. The quantitative estimate of drug-likeness (QED) is 0.593. The first kappa shape index (κ1) is 10.7. The fourth-order valence-electron chi connectivity index (χ4n) is 1.30. The Hall–Kier alpha value is -2.77. The molecular weight excluding hydrogens is 228 g/mol. The van der Waals surface area contributed by atoms with Gasteiger partial charge in [0.2, 0.25) is 0 Å². The molecule has 8 heteroatoms. The zero-order valence-electron chi connectivity index (χ0n) is 8.39. The van der Waals surface area contributed by atoms with E-state index in [2.05, 4.69) is 5.10 Å². The molecule has 0 saturated heterocycles. The van der Waals surface area contributed by atoms with Crippen LogP contribution in [0.1, 0.15) is 0 Å². The Morgan fingerprint density at radius 2 is 1.82 bits per heavy atom. The minimum Gasteiger partial charge on any atom is -0.258 e. The lowest BCUT2D eigenvalue weighted by atomic mass is 10.3. The van der Waals surface area contributed by atoms with Crippen molar-refractivity contribution in [3.63, 3.8) is 0 Å². The number of nitro benzene ring substituents is 1. The van der Waals surface area contributed by atoms with Crippen LogP contribution < -0.4 is 0 Å². The van der Waals surface area contributed by atoms with Crippen LogP contribution in [-0.4, -0.2) is 19.6 Å². The summed E-state index contributed by atoms with van der Waals surface area (Å²) in [5.41, 5.74) is 0.129. The molecule has 0 bridgehead atoms. The molecule has 0 spiro atoms. The van der Waals surface area contributed by atoms with Crippen molar-refractivity contribution in [1.82, 2.24) is 9.78 Å². The second-order valence-electron chi connectivity index (χ2n) is 3.18. The third kappa shape index (κ3) is 2.09. The molecule has 0 aliphatic carbocycles. The molecule has 1 aromatic carbocycles. The Bertz CT molecular complexity index is 592. The van der Waals surface area contributed by atoms with E-state index in [9.17, 15) is 20.2 Å². The van der Waals surface area contributed by atoms with Crippen LogP contribution in [-0.2, 0) is 0 Å². The molecule has 0 aliphatic heterocycles. The van der Waals surface area contributed by atoms with E-state index in [4.69, 9.17) is 0 Å². The lowest BCUT2D eigenvalue weighted by Crippen LogP contribution is -1.96. The highest BCUT2D eigenvalue weighted by Crippen LogP contribution is 2.18. The topological polar surface area (TPSA) is 104 Å². The Morgan fingerprint density at radius 1 is 1.12 bits per heavy atom. The molecule has 0 radical (unpaired) electrons. The highest BCUT2D eigenvalue weighted by molar-refractivity contribution is 5.43. The van der Waals surface area contributed by atoms with E-state index in [0.29, 0.717) is 5.69 Å². The van der Waals surface area contributed by atoms with E-state index < -0.39 is 9.85 Å². The van der Waals surface area contributed by atoms with Crippen molar-refractivity contribution in [1.29, 1.82) is 0 Å². The Morgan fingerprint density at radius 3 is 2.41 bits per heavy atom. The van der Waals surface area contributed by atoms with E-state index in [1.165, 1.54) is 29.1 Å². The van der Waals surface area contributed by atoms with Gasteiger partial charge in [-0.2, -0.15) is 5.10 Å². The van der Waals surface area contributed by atoms with E-state index >= 15 is 0 Å². The average molecular weight is 234 g/mol. The van der Waals surface area contributed by atoms with Gasteiger partial charge < -0.3 is 0 Å². The number of hydrogen-bond acceptors (Lipinski definition) is 5. The van der Waals surface area contributed by atoms with Crippen molar-refractivity contribution >= 4 is 11.4 Å². The zero-order chi connectivity index (χ0) is 12.4. The summed E-state index contributed by atoms with van der Waals surface area (Å²) in [6, 6.07) is 5.68. The van der Waals surface area contributed by atoms with Crippen LogP contribution in [0.4, 0.5) is 11.4 Å². The van der Waals surface area contributed by atoms with Crippen molar-refractivity contribution in [2.45, 2.75) is 0 Å². The Kier molecular flexibility index (Phi) is 2.53. The average Bonchev–Trinajstić information content (AvgIpc) is 2.78. The van der Waals surface area contributed by atoms with Gasteiger partial charge in [-0.05, 0) is 6.07 Å². The summed E-state index contributed by atoms with van der Waals surface area (Å²) in [6.45, 7) is 0. The molecule has 2 aromatic rings. The number of aromatic nitrogens is 2. The van der Waals surface area contributed by atoms with Crippen molar-refractivity contribution in [2.75, 3.05) is 0 Å². The summed E-state index contributed by atoms with van der Waals surface area (Å²) in [7, 11) is 0. The predicted molar refractivity (Wildman–Crippen MR) is 56.9 cm³/mol. The van der Waals surface area contributed by atoms with E-state index in [0.717, 1.165) is 6.20 Å². The molecule has 86 valence electrons. The molecule has 0 atom stereocenters. The third-order valence-electron chi connectivity index (χ3n) is 2.08. The summed E-state index contributed by atoms with van der Waals surface area (Å²) in [5, 5.41) is 24.8. The highest BCUT2D eigenvalue weighted by atomic mass is 16.6. The zero-order valence-corrected chi connectivity index (χ0v) is 8.39. The van der Waals surface area contributed by atoms with Crippen molar-refractivity contribution in [3.8, 4) is 5.69 Å². The molecule has 0 N–H and O–H groups in total. The van der Waals surface area contributed by atoms with Gasteiger partial charge in [0.15, 0.2) is 0 Å². The van der Waals surface area contributed by atoms with Gasteiger partial charge in [0, 0.05) is 12.1 Å². The van der Waals surface area contributed by atoms with Crippen LogP contribution in [0.3, 0.4) is 0 Å². The molecule has 1 heterocycles. The summed E-state index contributed by atoms with van der Waals surface area (Å²) >= 11 is 0. The SMILES string of the molecule is O=[N+]([O-])c1cccc(-n2cc([N+](=O)[O-])cn2)c1. The maximum atomic E-state index is 10.6. The second-order valence-corrected chi connectivity index (χ2v) is 3.18. The first-order valence-electron chi connectivity index (χ1n) is 4.52. The van der Waals surface area contributed by atoms with Crippen LogP contribution in [0.15, 0.2) is 36.7 Å². The number of nitro groups is 2. The number of rotatable bonds is 3. The third-order valence-corrected chi connectivity index (χ3v) is 2.08. The monoisotopic (exact) mass is 234 g/mol. The van der Waals surface area contributed by atoms with Gasteiger partial charge >= 0.3 is 5.69 Å². The van der Waals surface area contributed by atoms with Gasteiger partial charge in [-0.15, -0.1) is 0 Å². The molecular formula is C9H6N4O4. The number of nitrogens with zero attached hydrogens (tertiary/aromatic N) is 4. The molecule has 0 saturated carbocycles. The maximum Gasteiger partial charge on any atom is 0.307 e. The minimum absolute atomic E-state index is 0.0966. The van der Waals surface area contributed by atoms with Crippen LogP contribution in [0.25, 0.3) is 5.69 Å². The molecule has 0 fully saturated rings. The number of benzene rings is 1. The van der Waals surface area contributed by atoms with E-state index in [-0.39, 0.29) is 11.4 Å². The fourth-order valence-corrected chi connectivity index (χ4v) is 1.30. The largest absolute Gasteiger partial charge is 0.307 e. The van der Waals surface area contributed by atoms with Gasteiger partial charge in [0.1, 0.15) is 12.4 Å². The van der Waals surface area contributed by atoms with Crippen LogP contribution in [0, 0.1) is 20.2 Å². The van der Waals surface area contributed by atoms with E-state index in [1.54, 1.807) is 6.07 Å². The minimum atomic E-state index is -0.582. The summed E-state index contributed by atoms with van der Waals surface area (Å²) in [4.78, 5) is 19.9. The molecule has 2 rings (SSSR count). The Balaban J connectivity index is 2.42. The van der Waals surface area contributed by atoms with Crippen LogP contribution in [0.5, 0.6) is 0 Å². The van der Waals surface area contributed by atoms with Crippen LogP contribution in [0.2, 0.25) is 0 Å². The van der Waals surface area contributed by atoms with Crippen LogP contribution >= 0.6 is 0 Å². The lowest BCUT2D eigenvalue weighted by molar-refractivity contribution is -0.385. The number of hydrogen-bond donors (Lipinski definition) is 0. The molecule has 1 aromatic heterocycles. The van der Waals surface area contributed by atoms with Gasteiger partial charge in [-0.3, -0.25) is 20.2 Å². The van der Waals surface area contributed by atoms with Crippen molar-refractivity contribution in [3.05, 3.63) is 56.9 Å². The van der Waals surface area contributed by atoms with Crippen molar-refractivity contribution in [2.24, 2.45) is 0 Å². The normalized spacial score (nSPS) is 10.1. The molecule has 17 heavy (non-hydrogen) atoms. The van der Waals surface area contributed by atoms with Gasteiger partial charge in [0.05, 0.1) is 15.5 Å². The van der Waals surface area contributed by atoms with Crippen molar-refractivity contribution < 1.29 is 9.85 Å². The maximum absolute atomic E-state index is 10.6. The fraction of sp³-hybridized carbons (Fsp3) is 0. The lowest BCUT2D eigenvalue weighted by Gasteiger charge is -1.99. The first-order valence-corrected chi connectivity index (χ1v) is 4.52. The molecule has 8 nitrogen and oxygen atoms in total. The second kappa shape index (κ2) is 4.00. The summed E-state index contributed by atoms with van der Waals surface area (Å²) in [6.07, 6.45) is 2.28. The smallest absolute Gasteiger partial charge is 0.258 e. The van der Waals surface area contributed by atoms with Gasteiger partial charge in [-0.25, -0.2) is 4.68 Å². The summed E-state index contributed by atoms with van der Waals surface area (Å²) < 4.78 is 1.21. The molecule has 0 aliphatic rings. The standard InChI is InChI=1S/C9H6N4O4/c14-12(15)8-3-1-2-7(4-8)11-6-9(5-10-11)13(16)17/h1-6H. The summed E-state index contributed by atoms with van der Waals surface area (Å²) in [5.74, 6) is 0. The molecule has 0 amide bonds. The number of non-ortho nitro benzene ring substituents is 1. The van der Waals surface area contributed by atoms with Gasteiger partial charge in [0.25, 0.3) is 5.69 Å². The van der Waals surface area contributed by atoms with Gasteiger partial charge in [-0.1, -0.05) is 6.07 Å². The van der Waals surface area contributed by atoms with E-state index in [1.807, 2.05) is 0 Å². The predicted octanol–water partition coefficient (Wildman–Crippen LogP) is 1.69. The first-order chi connectivity index (χ1) is 8.08. The molecule has 0 unspecified atom stereocenters. The Labute approximate surface area is 94.4 Å².